The molecule has 1 fully saturated rings. The number of benzene rings is 2. The smallest absolute Gasteiger partial charge is 0.329 e. The van der Waals surface area contributed by atoms with Gasteiger partial charge in [-0.1, -0.05) is 23.7 Å². The average molecular weight is 419 g/mol. The van der Waals surface area contributed by atoms with Gasteiger partial charge in [-0.25, -0.2) is 9.18 Å². The molecule has 1 heterocycles. The van der Waals surface area contributed by atoms with Crippen molar-refractivity contribution >= 4 is 29.6 Å². The molecule has 2 aromatic carbocycles. The Morgan fingerprint density at radius 1 is 1.10 bits per heavy atom. The normalized spacial score (nSPS) is 15.0. The summed E-state index contributed by atoms with van der Waals surface area (Å²) in [7, 11) is 0. The maximum Gasteiger partial charge on any atom is 0.329 e. The largest absolute Gasteiger partial charge is 0.490 e. The van der Waals surface area contributed by atoms with Crippen LogP contribution in [0, 0.1) is 5.82 Å². The van der Waals surface area contributed by atoms with Crippen LogP contribution in [-0.2, 0) is 11.3 Å². The van der Waals surface area contributed by atoms with Crippen LogP contribution < -0.4 is 14.8 Å². The molecule has 0 saturated carbocycles. The van der Waals surface area contributed by atoms with Crippen LogP contribution in [0.15, 0.2) is 42.1 Å². The number of carbonyl (C=O) groups excluding carboxylic acids is 2. The van der Waals surface area contributed by atoms with Gasteiger partial charge in [-0.2, -0.15) is 0 Å². The van der Waals surface area contributed by atoms with Crippen molar-refractivity contribution in [3.8, 4) is 11.5 Å². The lowest BCUT2D eigenvalue weighted by Crippen LogP contribution is -2.30. The zero-order valence-corrected chi connectivity index (χ0v) is 16.8. The van der Waals surface area contributed by atoms with E-state index in [1.807, 2.05) is 13.8 Å². The Bertz CT molecular complexity index is 960. The number of rotatable bonds is 7. The number of carbonyl (C=O) groups is 2. The van der Waals surface area contributed by atoms with Crippen LogP contribution in [0.5, 0.6) is 11.5 Å². The van der Waals surface area contributed by atoms with Gasteiger partial charge in [-0.05, 0) is 55.3 Å². The Balaban J connectivity index is 1.86. The number of imide groups is 1. The predicted molar refractivity (Wildman–Crippen MR) is 107 cm³/mol. The van der Waals surface area contributed by atoms with Crippen LogP contribution in [0.3, 0.4) is 0 Å². The summed E-state index contributed by atoms with van der Waals surface area (Å²) in [6.45, 7) is 4.55. The molecule has 1 N–H and O–H groups in total. The minimum absolute atomic E-state index is 0.0382. The molecule has 2 aromatic rings. The first-order chi connectivity index (χ1) is 13.9. The summed E-state index contributed by atoms with van der Waals surface area (Å²) >= 11 is 6.30. The summed E-state index contributed by atoms with van der Waals surface area (Å²) in [5, 5.41) is 2.89. The highest BCUT2D eigenvalue weighted by atomic mass is 35.5. The standard InChI is InChI=1S/C21H20ClFN2O4/c1-3-28-18-11-14(9-16(22)19(18)29-4-2)10-17-20(26)25(21(27)24-17)12-13-5-7-15(23)8-6-13/h5-11H,3-4,12H2,1-2H3,(H,24,27)/b17-10+. The summed E-state index contributed by atoms with van der Waals surface area (Å²) < 4.78 is 24.2. The highest BCUT2D eigenvalue weighted by molar-refractivity contribution is 6.32. The van der Waals surface area contributed by atoms with Crippen molar-refractivity contribution in [3.63, 3.8) is 0 Å². The number of amides is 3. The molecule has 0 aromatic heterocycles. The fourth-order valence-corrected chi connectivity index (χ4v) is 3.15. The lowest BCUT2D eigenvalue weighted by atomic mass is 10.1. The number of urea groups is 1. The molecule has 3 amide bonds. The van der Waals surface area contributed by atoms with E-state index < -0.39 is 11.9 Å². The molecule has 0 radical (unpaired) electrons. The van der Waals surface area contributed by atoms with Gasteiger partial charge in [0.05, 0.1) is 24.8 Å². The van der Waals surface area contributed by atoms with Crippen molar-refractivity contribution in [2.45, 2.75) is 20.4 Å². The molecule has 152 valence electrons. The van der Waals surface area contributed by atoms with Gasteiger partial charge in [0.1, 0.15) is 11.5 Å². The van der Waals surface area contributed by atoms with Gasteiger partial charge in [-0.3, -0.25) is 9.69 Å². The van der Waals surface area contributed by atoms with E-state index in [9.17, 15) is 14.0 Å². The van der Waals surface area contributed by atoms with E-state index in [4.69, 9.17) is 21.1 Å². The molecule has 0 aliphatic carbocycles. The first-order valence-corrected chi connectivity index (χ1v) is 9.48. The quantitative estimate of drug-likeness (QED) is 0.535. The molecule has 29 heavy (non-hydrogen) atoms. The topological polar surface area (TPSA) is 67.9 Å². The molecule has 0 bridgehead atoms. The number of nitrogens with zero attached hydrogens (tertiary/aromatic N) is 1. The van der Waals surface area contributed by atoms with Gasteiger partial charge < -0.3 is 14.8 Å². The van der Waals surface area contributed by atoms with Crippen molar-refractivity contribution in [1.29, 1.82) is 0 Å². The molecule has 1 aliphatic rings. The third kappa shape index (κ3) is 4.68. The summed E-state index contributed by atoms with van der Waals surface area (Å²) in [5.41, 5.74) is 1.33. The van der Waals surface area contributed by atoms with E-state index in [0.29, 0.717) is 40.9 Å². The number of ether oxygens (including phenoxy) is 2. The van der Waals surface area contributed by atoms with Crippen LogP contribution >= 0.6 is 11.6 Å². The SMILES string of the molecule is CCOc1cc(/C=C2/NC(=O)N(Cc3ccc(F)cc3)C2=O)cc(Cl)c1OCC. The molecule has 1 aliphatic heterocycles. The summed E-state index contributed by atoms with van der Waals surface area (Å²) in [5.74, 6) is 0.0119. The van der Waals surface area contributed by atoms with E-state index in [-0.39, 0.29) is 18.1 Å². The van der Waals surface area contributed by atoms with Crippen molar-refractivity contribution in [1.82, 2.24) is 10.2 Å². The zero-order chi connectivity index (χ0) is 21.0. The zero-order valence-electron chi connectivity index (χ0n) is 16.0. The van der Waals surface area contributed by atoms with Gasteiger partial charge in [0.15, 0.2) is 11.5 Å². The minimum Gasteiger partial charge on any atom is -0.490 e. The Kier molecular flexibility index (Phi) is 6.39. The van der Waals surface area contributed by atoms with E-state index in [2.05, 4.69) is 5.32 Å². The lowest BCUT2D eigenvalue weighted by molar-refractivity contribution is -0.123. The molecule has 0 atom stereocenters. The van der Waals surface area contributed by atoms with Crippen LogP contribution in [0.2, 0.25) is 5.02 Å². The molecule has 0 unspecified atom stereocenters. The molecule has 0 spiro atoms. The maximum atomic E-state index is 13.1. The number of hydrogen-bond acceptors (Lipinski definition) is 4. The minimum atomic E-state index is -0.548. The van der Waals surface area contributed by atoms with Gasteiger partial charge in [0.2, 0.25) is 0 Å². The fraction of sp³-hybridized carbons (Fsp3) is 0.238. The summed E-state index contributed by atoms with van der Waals surface area (Å²) in [4.78, 5) is 26.0. The Hall–Kier alpha value is -3.06. The van der Waals surface area contributed by atoms with Crippen molar-refractivity contribution < 1.29 is 23.5 Å². The second-order valence-corrected chi connectivity index (χ2v) is 6.61. The third-order valence-electron chi connectivity index (χ3n) is 4.15. The Morgan fingerprint density at radius 2 is 1.79 bits per heavy atom. The second-order valence-electron chi connectivity index (χ2n) is 6.20. The van der Waals surface area contributed by atoms with Crippen LogP contribution in [0.4, 0.5) is 9.18 Å². The molecular weight excluding hydrogens is 399 g/mol. The second kappa shape index (κ2) is 8.96. The highest BCUT2D eigenvalue weighted by Crippen LogP contribution is 2.37. The third-order valence-corrected chi connectivity index (χ3v) is 4.43. The number of nitrogens with one attached hydrogen (secondary N) is 1. The van der Waals surface area contributed by atoms with Crippen molar-refractivity contribution in [2.24, 2.45) is 0 Å². The predicted octanol–water partition coefficient (Wildman–Crippen LogP) is 4.37. The Labute approximate surface area is 172 Å². The maximum absolute atomic E-state index is 13.1. The van der Waals surface area contributed by atoms with Crippen LogP contribution in [0.25, 0.3) is 6.08 Å². The van der Waals surface area contributed by atoms with Crippen LogP contribution in [0.1, 0.15) is 25.0 Å². The molecule has 3 rings (SSSR count). The first-order valence-electron chi connectivity index (χ1n) is 9.11. The molecule has 1 saturated heterocycles. The van der Waals surface area contributed by atoms with Crippen molar-refractivity contribution in [2.75, 3.05) is 13.2 Å². The molecular formula is C21H20ClFN2O4. The average Bonchev–Trinajstić information content (AvgIpc) is 2.94. The fourth-order valence-electron chi connectivity index (χ4n) is 2.87. The van der Waals surface area contributed by atoms with E-state index in [1.54, 1.807) is 12.1 Å². The summed E-state index contributed by atoms with van der Waals surface area (Å²) in [6.07, 6.45) is 1.52. The molecule has 8 heteroatoms. The van der Waals surface area contributed by atoms with Crippen molar-refractivity contribution in [3.05, 3.63) is 64.1 Å². The van der Waals surface area contributed by atoms with Crippen LogP contribution in [-0.4, -0.2) is 30.1 Å². The summed E-state index contributed by atoms with van der Waals surface area (Å²) in [6, 6.07) is 8.38. The number of hydrogen-bond donors (Lipinski definition) is 1. The number of halogens is 2. The van der Waals surface area contributed by atoms with Gasteiger partial charge in [-0.15, -0.1) is 0 Å². The lowest BCUT2D eigenvalue weighted by Gasteiger charge is -2.13. The van der Waals surface area contributed by atoms with Gasteiger partial charge in [0.25, 0.3) is 5.91 Å². The highest BCUT2D eigenvalue weighted by Gasteiger charge is 2.33. The first kappa shape index (κ1) is 20.7. The van der Waals surface area contributed by atoms with E-state index >= 15 is 0 Å². The van der Waals surface area contributed by atoms with Gasteiger partial charge >= 0.3 is 6.03 Å². The Morgan fingerprint density at radius 3 is 2.45 bits per heavy atom. The monoisotopic (exact) mass is 418 g/mol. The van der Waals surface area contributed by atoms with E-state index in [0.717, 1.165) is 4.90 Å². The van der Waals surface area contributed by atoms with Gasteiger partial charge in [0, 0.05) is 0 Å². The molecule has 6 nitrogen and oxygen atoms in total. The van der Waals surface area contributed by atoms with E-state index in [1.165, 1.54) is 30.3 Å².